The molecule has 1 aliphatic rings. The van der Waals surface area contributed by atoms with E-state index in [1.54, 1.807) is 36.7 Å². The van der Waals surface area contributed by atoms with Gasteiger partial charge in [-0.1, -0.05) is 29.3 Å². The molecule has 0 saturated carbocycles. The molecule has 1 saturated heterocycles. The average molecular weight is 422 g/mol. The van der Waals surface area contributed by atoms with Crippen molar-refractivity contribution in [3.8, 4) is 0 Å². The van der Waals surface area contributed by atoms with E-state index in [1.807, 2.05) is 0 Å². The standard InChI is InChI=1S/C18H13Cl2N3O3S/c19-12-3-4-14(20)13(9-12)16(24)22-6-7-23-17(25)15(27-18(23)26)8-11-2-1-5-21-10-11/h1-5,8-10H,6-7H2,(H,22,24)/b15-8-. The van der Waals surface area contributed by atoms with Crippen molar-refractivity contribution in [2.75, 3.05) is 13.1 Å². The van der Waals surface area contributed by atoms with Gasteiger partial charge in [0.15, 0.2) is 0 Å². The predicted molar refractivity (Wildman–Crippen MR) is 106 cm³/mol. The van der Waals surface area contributed by atoms with Crippen LogP contribution in [0.15, 0.2) is 47.6 Å². The number of carbonyl (C=O) groups is 3. The zero-order chi connectivity index (χ0) is 19.4. The number of nitrogens with zero attached hydrogens (tertiary/aromatic N) is 2. The van der Waals surface area contributed by atoms with Crippen molar-refractivity contribution in [1.82, 2.24) is 15.2 Å². The Morgan fingerprint density at radius 1 is 1.26 bits per heavy atom. The van der Waals surface area contributed by atoms with Crippen molar-refractivity contribution in [1.29, 1.82) is 0 Å². The number of carbonyl (C=O) groups excluding carboxylic acids is 3. The number of nitrogens with one attached hydrogen (secondary N) is 1. The van der Waals surface area contributed by atoms with Gasteiger partial charge in [0.2, 0.25) is 0 Å². The summed E-state index contributed by atoms with van der Waals surface area (Å²) in [5.41, 5.74) is 0.960. The number of imide groups is 1. The SMILES string of the molecule is O=C(NCCN1C(=O)S/C(=C\c2cccnc2)C1=O)c1cc(Cl)ccc1Cl. The molecular weight excluding hydrogens is 409 g/mol. The molecule has 1 N–H and O–H groups in total. The smallest absolute Gasteiger partial charge is 0.293 e. The second-order valence-corrected chi connectivity index (χ2v) is 7.34. The van der Waals surface area contributed by atoms with E-state index in [9.17, 15) is 14.4 Å². The third-order valence-electron chi connectivity index (χ3n) is 3.65. The normalized spacial score (nSPS) is 15.5. The molecule has 3 amide bonds. The second-order valence-electron chi connectivity index (χ2n) is 5.50. The Labute approximate surface area is 169 Å². The fraction of sp³-hybridized carbons (Fsp3) is 0.111. The summed E-state index contributed by atoms with van der Waals surface area (Å²) in [6.45, 7) is 0.152. The van der Waals surface area contributed by atoms with E-state index in [0.29, 0.717) is 9.93 Å². The van der Waals surface area contributed by atoms with E-state index in [-0.39, 0.29) is 28.9 Å². The predicted octanol–water partition coefficient (Wildman–Crippen LogP) is 3.85. The highest BCUT2D eigenvalue weighted by molar-refractivity contribution is 8.18. The summed E-state index contributed by atoms with van der Waals surface area (Å²) in [4.78, 5) is 42.1. The van der Waals surface area contributed by atoms with Crippen LogP contribution in [0.2, 0.25) is 10.0 Å². The van der Waals surface area contributed by atoms with Crippen molar-refractivity contribution in [2.24, 2.45) is 0 Å². The van der Waals surface area contributed by atoms with E-state index in [1.165, 1.54) is 12.1 Å². The molecule has 1 aliphatic heterocycles. The van der Waals surface area contributed by atoms with Gasteiger partial charge >= 0.3 is 0 Å². The van der Waals surface area contributed by atoms with Crippen LogP contribution in [0, 0.1) is 0 Å². The molecule has 1 fully saturated rings. The Balaban J connectivity index is 1.60. The quantitative estimate of drug-likeness (QED) is 0.741. The maximum atomic E-state index is 12.4. The Kier molecular flexibility index (Phi) is 6.15. The van der Waals surface area contributed by atoms with Gasteiger partial charge in [-0.25, -0.2) is 0 Å². The molecule has 0 radical (unpaired) electrons. The van der Waals surface area contributed by atoms with Crippen LogP contribution in [0.25, 0.3) is 6.08 Å². The topological polar surface area (TPSA) is 79.4 Å². The molecule has 0 atom stereocenters. The summed E-state index contributed by atoms with van der Waals surface area (Å²) in [5, 5.41) is 2.90. The molecule has 6 nitrogen and oxygen atoms in total. The minimum Gasteiger partial charge on any atom is -0.350 e. The summed E-state index contributed by atoms with van der Waals surface area (Å²) >= 11 is 12.7. The second kappa shape index (κ2) is 8.56. The van der Waals surface area contributed by atoms with Crippen molar-refractivity contribution in [3.05, 3.63) is 68.8 Å². The molecule has 1 aromatic heterocycles. The molecule has 3 rings (SSSR count). The van der Waals surface area contributed by atoms with Crippen LogP contribution >= 0.6 is 35.0 Å². The van der Waals surface area contributed by atoms with E-state index >= 15 is 0 Å². The summed E-state index contributed by atoms with van der Waals surface area (Å²) in [6.07, 6.45) is 4.84. The maximum Gasteiger partial charge on any atom is 0.293 e. The molecular formula is C18H13Cl2N3O3S. The molecule has 9 heteroatoms. The van der Waals surface area contributed by atoms with Crippen LogP contribution in [0.1, 0.15) is 15.9 Å². The molecule has 27 heavy (non-hydrogen) atoms. The highest BCUT2D eigenvalue weighted by atomic mass is 35.5. The minimum absolute atomic E-state index is 0.0545. The van der Waals surface area contributed by atoms with Crippen molar-refractivity contribution < 1.29 is 14.4 Å². The Hall–Kier alpha value is -2.35. The van der Waals surface area contributed by atoms with Crippen LogP contribution < -0.4 is 5.32 Å². The largest absolute Gasteiger partial charge is 0.350 e. The third-order valence-corrected chi connectivity index (χ3v) is 5.12. The highest BCUT2D eigenvalue weighted by Gasteiger charge is 2.34. The van der Waals surface area contributed by atoms with Crippen molar-refractivity contribution in [3.63, 3.8) is 0 Å². The molecule has 0 aliphatic carbocycles. The van der Waals surface area contributed by atoms with Gasteiger partial charge in [-0.05, 0) is 47.7 Å². The lowest BCUT2D eigenvalue weighted by molar-refractivity contribution is -0.122. The van der Waals surface area contributed by atoms with E-state index in [0.717, 1.165) is 22.2 Å². The maximum absolute atomic E-state index is 12.4. The number of benzene rings is 1. The fourth-order valence-electron chi connectivity index (χ4n) is 2.35. The lowest BCUT2D eigenvalue weighted by Gasteiger charge is -2.13. The number of aromatic nitrogens is 1. The molecule has 138 valence electrons. The number of hydrogen-bond donors (Lipinski definition) is 1. The zero-order valence-corrected chi connectivity index (χ0v) is 16.1. The fourth-order valence-corrected chi connectivity index (χ4v) is 3.59. The van der Waals surface area contributed by atoms with E-state index < -0.39 is 11.8 Å². The van der Waals surface area contributed by atoms with Gasteiger partial charge < -0.3 is 5.32 Å². The first-order valence-electron chi connectivity index (χ1n) is 7.84. The van der Waals surface area contributed by atoms with Crippen LogP contribution in [0.5, 0.6) is 0 Å². The number of thioether (sulfide) groups is 1. The van der Waals surface area contributed by atoms with Crippen LogP contribution in [0.4, 0.5) is 4.79 Å². The number of pyridine rings is 1. The monoisotopic (exact) mass is 421 g/mol. The Bertz CT molecular complexity index is 935. The van der Waals surface area contributed by atoms with Crippen LogP contribution in [0.3, 0.4) is 0 Å². The summed E-state index contributed by atoms with van der Waals surface area (Å²) in [6, 6.07) is 8.09. The highest BCUT2D eigenvalue weighted by Crippen LogP contribution is 2.31. The van der Waals surface area contributed by atoms with Crippen LogP contribution in [-0.2, 0) is 4.79 Å². The molecule has 1 aromatic carbocycles. The first-order chi connectivity index (χ1) is 13.0. The minimum atomic E-state index is -0.430. The molecule has 2 heterocycles. The third kappa shape index (κ3) is 4.68. The lowest BCUT2D eigenvalue weighted by atomic mass is 10.2. The lowest BCUT2D eigenvalue weighted by Crippen LogP contribution is -2.37. The Morgan fingerprint density at radius 3 is 2.81 bits per heavy atom. The molecule has 2 aromatic rings. The van der Waals surface area contributed by atoms with Gasteiger partial charge in [0.05, 0.1) is 15.5 Å². The molecule has 0 spiro atoms. The number of hydrogen-bond acceptors (Lipinski definition) is 5. The number of amides is 3. The van der Waals surface area contributed by atoms with E-state index in [4.69, 9.17) is 23.2 Å². The van der Waals surface area contributed by atoms with Gasteiger partial charge in [0.1, 0.15) is 0 Å². The van der Waals surface area contributed by atoms with Gasteiger partial charge in [-0.3, -0.25) is 24.3 Å². The van der Waals surface area contributed by atoms with Gasteiger partial charge in [-0.2, -0.15) is 0 Å². The van der Waals surface area contributed by atoms with Gasteiger partial charge in [0, 0.05) is 30.5 Å². The first kappa shape index (κ1) is 19.4. The van der Waals surface area contributed by atoms with E-state index in [2.05, 4.69) is 10.3 Å². The van der Waals surface area contributed by atoms with Crippen molar-refractivity contribution >= 4 is 58.1 Å². The van der Waals surface area contributed by atoms with Crippen LogP contribution in [-0.4, -0.2) is 40.0 Å². The number of rotatable bonds is 5. The van der Waals surface area contributed by atoms with Crippen molar-refractivity contribution in [2.45, 2.75) is 0 Å². The molecule has 0 unspecified atom stereocenters. The summed E-state index contributed by atoms with van der Waals surface area (Å²) in [5.74, 6) is -0.829. The summed E-state index contributed by atoms with van der Waals surface area (Å²) in [7, 11) is 0. The zero-order valence-electron chi connectivity index (χ0n) is 13.8. The van der Waals surface area contributed by atoms with Gasteiger partial charge in [-0.15, -0.1) is 0 Å². The summed E-state index contributed by atoms with van der Waals surface area (Å²) < 4.78 is 0. The number of halogens is 2. The molecule has 0 bridgehead atoms. The Morgan fingerprint density at radius 2 is 2.07 bits per heavy atom. The average Bonchev–Trinajstić information content (AvgIpc) is 2.91. The first-order valence-corrected chi connectivity index (χ1v) is 9.41. The van der Waals surface area contributed by atoms with Gasteiger partial charge in [0.25, 0.3) is 17.1 Å².